The van der Waals surface area contributed by atoms with Crippen LogP contribution in [0.3, 0.4) is 0 Å². The summed E-state index contributed by atoms with van der Waals surface area (Å²) < 4.78 is 28.3. The predicted molar refractivity (Wildman–Crippen MR) is 37.5 cm³/mol. The van der Waals surface area contributed by atoms with Gasteiger partial charge in [-0.3, -0.25) is 0 Å². The third-order valence-electron chi connectivity index (χ3n) is 0.420. The van der Waals surface area contributed by atoms with Gasteiger partial charge in [0.2, 0.25) is 9.35 Å². The fraction of sp³-hybridized carbons (Fsp3) is 0.500. The van der Waals surface area contributed by atoms with Crippen molar-refractivity contribution in [3.05, 3.63) is 0 Å². The molecule has 74 valence electrons. The SMILES string of the molecule is CC(=O)[O-].O=[P+]1O[O+]([O-])O[P+](=O)P1.[K+]. The molecule has 0 spiro atoms. The topological polar surface area (TPSA) is 118 Å². The molecule has 12 heteroatoms. The third kappa shape index (κ3) is 11.7. The van der Waals surface area contributed by atoms with Crippen molar-refractivity contribution in [3.63, 3.8) is 0 Å². The van der Waals surface area contributed by atoms with Gasteiger partial charge in [0.25, 0.3) is 0 Å². The summed E-state index contributed by atoms with van der Waals surface area (Å²) in [4.78, 5) is 9.23. The molecule has 1 saturated heterocycles. The molecule has 8 nitrogen and oxygen atoms in total. The van der Waals surface area contributed by atoms with Gasteiger partial charge in [-0.1, -0.05) is 0 Å². The Hall–Kier alpha value is 1.58. The third-order valence-corrected chi connectivity index (χ3v) is 5.63. The molecule has 0 bridgehead atoms. The van der Waals surface area contributed by atoms with Gasteiger partial charge in [-0.15, -0.1) is 0 Å². The van der Waals surface area contributed by atoms with E-state index < -0.39 is 29.4 Å². The van der Waals surface area contributed by atoms with Crippen LogP contribution in [0.2, 0.25) is 0 Å². The molecular formula is C2H4KO8P3+2. The van der Waals surface area contributed by atoms with Gasteiger partial charge in [-0.05, 0) is 16.1 Å². The summed E-state index contributed by atoms with van der Waals surface area (Å²) in [7, 11) is -4.70. The largest absolute Gasteiger partial charge is 1.00 e. The van der Waals surface area contributed by atoms with E-state index in [4.69, 9.17) is 9.90 Å². The van der Waals surface area contributed by atoms with E-state index in [0.29, 0.717) is 4.82 Å². The number of carboxylic acid groups (broad SMARTS) is 1. The Morgan fingerprint density at radius 1 is 1.36 bits per heavy atom. The minimum atomic E-state index is -2.12. The van der Waals surface area contributed by atoms with Crippen molar-refractivity contribution in [1.29, 1.82) is 0 Å². The van der Waals surface area contributed by atoms with Gasteiger partial charge in [-0.2, -0.15) is 0 Å². The van der Waals surface area contributed by atoms with Crippen molar-refractivity contribution in [2.75, 3.05) is 0 Å². The molecule has 0 radical (unpaired) electrons. The molecule has 1 aliphatic heterocycles. The van der Waals surface area contributed by atoms with Crippen LogP contribution in [0.1, 0.15) is 6.92 Å². The van der Waals surface area contributed by atoms with Crippen LogP contribution in [-0.2, 0) is 28.1 Å². The molecule has 0 aromatic carbocycles. The van der Waals surface area contributed by atoms with Crippen LogP contribution in [0.15, 0.2) is 0 Å². The van der Waals surface area contributed by atoms with Gasteiger partial charge >= 0.3 is 74.8 Å². The molecule has 0 aliphatic carbocycles. The monoisotopic (exact) mass is 288 g/mol. The number of hydrogen-bond donors (Lipinski definition) is 0. The fourth-order valence-corrected chi connectivity index (χ4v) is 3.52. The smallest absolute Gasteiger partial charge is 0.550 e. The average Bonchev–Trinajstić information content (AvgIpc) is 1.80. The molecule has 1 rings (SSSR count). The zero-order valence-corrected chi connectivity index (χ0v) is 13.1. The van der Waals surface area contributed by atoms with Crippen molar-refractivity contribution in [1.82, 2.24) is 0 Å². The maximum absolute atomic E-state index is 10.3. The average molecular weight is 288 g/mol. The summed E-state index contributed by atoms with van der Waals surface area (Å²) in [6.45, 7) is 0.972. The Kier molecular flexibility index (Phi) is 12.5. The molecule has 2 atom stereocenters. The summed E-state index contributed by atoms with van der Waals surface area (Å²) in [5.74, 6) is -1.08. The summed E-state index contributed by atoms with van der Waals surface area (Å²) in [5, 5.41) is 18.8. The van der Waals surface area contributed by atoms with Crippen molar-refractivity contribution in [2.45, 2.75) is 6.92 Å². The Morgan fingerprint density at radius 3 is 1.86 bits per heavy atom. The quantitative estimate of drug-likeness (QED) is 0.196. The van der Waals surface area contributed by atoms with Gasteiger partial charge in [0.05, 0.1) is 0 Å². The van der Waals surface area contributed by atoms with E-state index in [0.717, 1.165) is 6.92 Å². The van der Waals surface area contributed by atoms with Crippen LogP contribution in [0.4, 0.5) is 0 Å². The van der Waals surface area contributed by atoms with Crippen LogP contribution < -0.4 is 61.7 Å². The predicted octanol–water partition coefficient (Wildman–Crippen LogP) is -3.56. The van der Waals surface area contributed by atoms with E-state index in [1.165, 1.54) is 0 Å². The summed E-state index contributed by atoms with van der Waals surface area (Å²) in [6, 6.07) is 0. The first-order chi connectivity index (χ1) is 5.91. The van der Waals surface area contributed by atoms with Crippen LogP contribution >= 0.6 is 23.4 Å². The number of aliphatic carboxylic acids is 1. The number of hydrogen-bond acceptors (Lipinski definition) is 7. The van der Waals surface area contributed by atoms with E-state index in [-0.39, 0.29) is 51.4 Å². The molecule has 0 amide bonds. The van der Waals surface area contributed by atoms with Crippen LogP contribution in [0.5, 0.6) is 0 Å². The molecule has 1 heterocycles. The van der Waals surface area contributed by atoms with Crippen molar-refractivity contribution < 1.29 is 89.8 Å². The van der Waals surface area contributed by atoms with Crippen LogP contribution in [0.25, 0.3) is 0 Å². The molecule has 2 unspecified atom stereocenters. The second kappa shape index (κ2) is 9.78. The molecule has 0 aromatic heterocycles. The van der Waals surface area contributed by atoms with Crippen molar-refractivity contribution >= 4 is 29.4 Å². The second-order valence-corrected chi connectivity index (χ2v) is 7.58. The Morgan fingerprint density at radius 2 is 1.64 bits per heavy atom. The van der Waals surface area contributed by atoms with E-state index in [1.807, 2.05) is 0 Å². The summed E-state index contributed by atoms with van der Waals surface area (Å²) in [6.07, 6.45) is 0. The molecule has 1 fully saturated rings. The van der Waals surface area contributed by atoms with E-state index in [9.17, 15) is 14.4 Å². The van der Waals surface area contributed by atoms with E-state index in [2.05, 4.69) is 9.35 Å². The second-order valence-electron chi connectivity index (χ2n) is 1.46. The standard InChI is InChI=1S/C2H4O2.K.HO6P3/c1-2(3)4;;1-6-4-8(2)7-9(3)5-6/h1H3,(H,3,4);;7H/q;+1;+2/p-1. The first kappa shape index (κ1) is 18.0. The first-order valence-electron chi connectivity index (χ1n) is 2.59. The van der Waals surface area contributed by atoms with Gasteiger partial charge in [0.15, 0.2) is 0 Å². The molecule has 14 heavy (non-hydrogen) atoms. The molecular weight excluding hydrogens is 284 g/mol. The number of rotatable bonds is 0. The van der Waals surface area contributed by atoms with Crippen LogP contribution in [0, 0.1) is 0 Å². The number of carbonyl (C=O) groups is 1. The van der Waals surface area contributed by atoms with Gasteiger partial charge in [0, 0.05) is 10.8 Å². The number of carbonyl (C=O) groups excluding carboxylic acids is 1. The van der Waals surface area contributed by atoms with E-state index >= 15 is 0 Å². The Labute approximate surface area is 125 Å². The Balaban J connectivity index is 0. The minimum absolute atomic E-state index is 0. The molecule has 1 aliphatic rings. The van der Waals surface area contributed by atoms with Gasteiger partial charge in [-0.25, -0.2) is 0 Å². The zero-order chi connectivity index (χ0) is 10.4. The van der Waals surface area contributed by atoms with Crippen LogP contribution in [-0.4, -0.2) is 5.97 Å². The van der Waals surface area contributed by atoms with Gasteiger partial charge in [0.1, 0.15) is 0 Å². The Bertz CT molecular complexity index is 211. The molecule has 0 N–H and O–H groups in total. The van der Waals surface area contributed by atoms with Crippen molar-refractivity contribution in [3.8, 4) is 0 Å². The maximum atomic E-state index is 10.3. The number of carboxylic acids is 1. The fourth-order valence-electron chi connectivity index (χ4n) is 0.224. The molecule has 0 aromatic rings. The zero-order valence-electron chi connectivity index (χ0n) is 7.16. The van der Waals surface area contributed by atoms with E-state index in [1.54, 1.807) is 0 Å². The van der Waals surface area contributed by atoms with Crippen molar-refractivity contribution in [2.24, 2.45) is 0 Å². The normalized spacial score (nSPS) is 23.3. The first-order valence-corrected chi connectivity index (χ1v) is 7.62. The maximum Gasteiger partial charge on any atom is 1.00 e. The van der Waals surface area contributed by atoms with Gasteiger partial charge < -0.3 is 15.2 Å². The summed E-state index contributed by atoms with van der Waals surface area (Å²) in [5.41, 5.74) is 0. The summed E-state index contributed by atoms with van der Waals surface area (Å²) >= 11 is 0. The molecule has 0 saturated carbocycles. The minimum Gasteiger partial charge on any atom is -0.550 e.